The molecular formula is C26H21N5O3S. The summed E-state index contributed by atoms with van der Waals surface area (Å²) in [5, 5.41) is 27.7. The molecular weight excluding hydrogens is 462 g/mol. The average Bonchev–Trinajstić information content (AvgIpc) is 3.39. The van der Waals surface area contributed by atoms with Crippen molar-refractivity contribution in [3.05, 3.63) is 82.6 Å². The van der Waals surface area contributed by atoms with E-state index in [9.17, 15) is 20.0 Å². The van der Waals surface area contributed by atoms with Gasteiger partial charge in [0.15, 0.2) is 5.82 Å². The number of nitriles is 1. The summed E-state index contributed by atoms with van der Waals surface area (Å²) in [5.41, 5.74) is 8.18. The van der Waals surface area contributed by atoms with E-state index >= 15 is 0 Å². The molecule has 0 saturated carbocycles. The summed E-state index contributed by atoms with van der Waals surface area (Å²) in [6, 6.07) is 20.1. The van der Waals surface area contributed by atoms with Crippen LogP contribution in [0.2, 0.25) is 0 Å². The number of carbonyl (C=O) groups is 2. The van der Waals surface area contributed by atoms with Gasteiger partial charge in [0.05, 0.1) is 16.6 Å². The Bertz CT molecular complexity index is 1440. The number of nitrogens with zero attached hydrogens (tertiary/aromatic N) is 2. The van der Waals surface area contributed by atoms with Crippen molar-refractivity contribution in [1.82, 2.24) is 4.98 Å². The molecule has 9 heteroatoms. The van der Waals surface area contributed by atoms with Crippen molar-refractivity contribution in [2.24, 2.45) is 5.73 Å². The van der Waals surface area contributed by atoms with E-state index in [4.69, 9.17) is 5.73 Å². The summed E-state index contributed by atoms with van der Waals surface area (Å²) >= 11 is 1.26. The summed E-state index contributed by atoms with van der Waals surface area (Å²) in [7, 11) is 0. The first-order valence-electron chi connectivity index (χ1n) is 10.6. The highest BCUT2D eigenvalue weighted by Gasteiger charge is 2.20. The van der Waals surface area contributed by atoms with E-state index in [0.717, 1.165) is 0 Å². The first kappa shape index (κ1) is 23.6. The molecule has 0 spiro atoms. The molecule has 2 heterocycles. The van der Waals surface area contributed by atoms with Crippen molar-refractivity contribution in [2.45, 2.75) is 13.0 Å². The van der Waals surface area contributed by atoms with E-state index in [1.54, 1.807) is 73.0 Å². The molecule has 0 fully saturated rings. The van der Waals surface area contributed by atoms with Crippen molar-refractivity contribution in [3.63, 3.8) is 0 Å². The zero-order valence-electron chi connectivity index (χ0n) is 18.6. The molecule has 0 aliphatic heterocycles. The Morgan fingerprint density at radius 2 is 1.86 bits per heavy atom. The first-order valence-corrected chi connectivity index (χ1v) is 11.5. The van der Waals surface area contributed by atoms with E-state index in [0.29, 0.717) is 32.9 Å². The number of pyridine rings is 1. The summed E-state index contributed by atoms with van der Waals surface area (Å²) in [6.45, 7) is 1.58. The molecule has 4 rings (SSSR count). The number of nitrogens with one attached hydrogen (secondary N) is 2. The van der Waals surface area contributed by atoms with Crippen LogP contribution in [0.1, 0.15) is 22.2 Å². The quantitative estimate of drug-likeness (QED) is 0.316. The Labute approximate surface area is 205 Å². The van der Waals surface area contributed by atoms with Crippen molar-refractivity contribution in [3.8, 4) is 34.2 Å². The van der Waals surface area contributed by atoms with Crippen LogP contribution in [-0.4, -0.2) is 27.9 Å². The summed E-state index contributed by atoms with van der Waals surface area (Å²) < 4.78 is 0. The lowest BCUT2D eigenvalue weighted by molar-refractivity contribution is -0.117. The van der Waals surface area contributed by atoms with E-state index in [-0.39, 0.29) is 23.0 Å². The number of anilines is 2. The van der Waals surface area contributed by atoms with Crippen LogP contribution in [0, 0.1) is 11.3 Å². The number of thiophene rings is 1. The molecule has 2 aromatic carbocycles. The van der Waals surface area contributed by atoms with Crippen LogP contribution in [0.4, 0.5) is 11.5 Å². The number of carbonyl (C=O) groups excluding carboxylic acids is 2. The zero-order chi connectivity index (χ0) is 24.9. The number of hydrogen-bond acceptors (Lipinski definition) is 7. The SMILES string of the molecule is CC(N)C(=O)Nc1cccc(-c2cc(-c3ccccc3O)nc(NC(=O)c3cccs3)c2C#N)c1. The van der Waals surface area contributed by atoms with Crippen LogP contribution in [0.25, 0.3) is 22.4 Å². The third-order valence-electron chi connectivity index (χ3n) is 5.14. The van der Waals surface area contributed by atoms with E-state index in [2.05, 4.69) is 21.7 Å². The molecule has 4 aromatic rings. The number of hydrogen-bond donors (Lipinski definition) is 4. The van der Waals surface area contributed by atoms with Gasteiger partial charge in [-0.2, -0.15) is 5.26 Å². The standard InChI is InChI=1S/C26H21N5O3S/c1-15(28)25(33)29-17-7-4-6-16(12-17)19-13-21(18-8-2-3-9-22(18)32)30-24(20(19)14-27)31-26(34)23-10-5-11-35-23/h2-13,15,32H,28H2,1H3,(H,29,33)(H,30,31,34). The topological polar surface area (TPSA) is 141 Å². The third kappa shape index (κ3) is 5.19. The second kappa shape index (κ2) is 10.2. The molecule has 0 saturated heterocycles. The molecule has 0 aliphatic carbocycles. The molecule has 174 valence electrons. The Kier molecular flexibility index (Phi) is 6.87. The molecule has 2 aromatic heterocycles. The van der Waals surface area contributed by atoms with Crippen LogP contribution in [0.3, 0.4) is 0 Å². The number of benzene rings is 2. The molecule has 0 bridgehead atoms. The number of nitrogens with two attached hydrogens (primary N) is 1. The number of phenols is 1. The maximum absolute atomic E-state index is 12.8. The second-order valence-corrected chi connectivity index (χ2v) is 8.65. The predicted molar refractivity (Wildman–Crippen MR) is 136 cm³/mol. The molecule has 1 atom stereocenters. The van der Waals surface area contributed by atoms with Crippen LogP contribution >= 0.6 is 11.3 Å². The van der Waals surface area contributed by atoms with Gasteiger partial charge in [-0.05, 0) is 54.3 Å². The highest BCUT2D eigenvalue weighted by atomic mass is 32.1. The normalized spacial score (nSPS) is 11.3. The predicted octanol–water partition coefficient (Wildman–Crippen LogP) is 4.59. The van der Waals surface area contributed by atoms with Crippen molar-refractivity contribution >= 4 is 34.7 Å². The van der Waals surface area contributed by atoms with Crippen LogP contribution < -0.4 is 16.4 Å². The second-order valence-electron chi connectivity index (χ2n) is 7.70. The minimum absolute atomic E-state index is 0.00383. The van der Waals surface area contributed by atoms with Gasteiger partial charge in [0, 0.05) is 16.8 Å². The summed E-state index contributed by atoms with van der Waals surface area (Å²) in [6.07, 6.45) is 0. The summed E-state index contributed by atoms with van der Waals surface area (Å²) in [5.74, 6) is -0.686. The van der Waals surface area contributed by atoms with E-state index in [1.165, 1.54) is 17.4 Å². The first-order chi connectivity index (χ1) is 16.9. The average molecular weight is 484 g/mol. The lowest BCUT2D eigenvalue weighted by Crippen LogP contribution is -2.32. The molecule has 1 unspecified atom stereocenters. The minimum atomic E-state index is -0.694. The van der Waals surface area contributed by atoms with Gasteiger partial charge >= 0.3 is 0 Å². The van der Waals surface area contributed by atoms with E-state index < -0.39 is 11.9 Å². The Morgan fingerprint density at radius 1 is 1.06 bits per heavy atom. The molecule has 0 radical (unpaired) electrons. The molecule has 8 nitrogen and oxygen atoms in total. The van der Waals surface area contributed by atoms with Gasteiger partial charge in [0.2, 0.25) is 5.91 Å². The lowest BCUT2D eigenvalue weighted by atomic mass is 9.97. The lowest BCUT2D eigenvalue weighted by Gasteiger charge is -2.15. The van der Waals surface area contributed by atoms with Gasteiger partial charge < -0.3 is 21.5 Å². The number of aromatic nitrogens is 1. The fourth-order valence-electron chi connectivity index (χ4n) is 3.40. The number of phenolic OH excluding ortho intramolecular Hbond substituents is 1. The van der Waals surface area contributed by atoms with Gasteiger partial charge in [-0.15, -0.1) is 11.3 Å². The maximum Gasteiger partial charge on any atom is 0.266 e. The van der Waals surface area contributed by atoms with Crippen molar-refractivity contribution in [1.29, 1.82) is 5.26 Å². The molecule has 5 N–H and O–H groups in total. The molecule has 35 heavy (non-hydrogen) atoms. The highest BCUT2D eigenvalue weighted by molar-refractivity contribution is 7.12. The number of rotatable bonds is 6. The van der Waals surface area contributed by atoms with Gasteiger partial charge in [0.25, 0.3) is 5.91 Å². The molecule has 2 amide bonds. The van der Waals surface area contributed by atoms with Gasteiger partial charge in [0.1, 0.15) is 17.4 Å². The Morgan fingerprint density at radius 3 is 2.54 bits per heavy atom. The van der Waals surface area contributed by atoms with Gasteiger partial charge in [-0.1, -0.05) is 30.3 Å². The van der Waals surface area contributed by atoms with Crippen molar-refractivity contribution < 1.29 is 14.7 Å². The highest BCUT2D eigenvalue weighted by Crippen LogP contribution is 2.36. The number of aromatic hydroxyl groups is 1. The maximum atomic E-state index is 12.8. The van der Waals surface area contributed by atoms with Crippen LogP contribution in [0.5, 0.6) is 5.75 Å². The monoisotopic (exact) mass is 483 g/mol. The van der Waals surface area contributed by atoms with Gasteiger partial charge in [-0.25, -0.2) is 4.98 Å². The van der Waals surface area contributed by atoms with Crippen molar-refractivity contribution in [2.75, 3.05) is 10.6 Å². The van der Waals surface area contributed by atoms with Gasteiger partial charge in [-0.3, -0.25) is 9.59 Å². The third-order valence-corrected chi connectivity index (χ3v) is 6.01. The fourth-order valence-corrected chi connectivity index (χ4v) is 4.02. The van der Waals surface area contributed by atoms with Crippen LogP contribution in [0.15, 0.2) is 72.1 Å². The molecule has 0 aliphatic rings. The van der Waals surface area contributed by atoms with E-state index in [1.807, 2.05) is 0 Å². The number of amides is 2. The van der Waals surface area contributed by atoms with Crippen LogP contribution in [-0.2, 0) is 4.79 Å². The fraction of sp³-hybridized carbons (Fsp3) is 0.0769. The summed E-state index contributed by atoms with van der Waals surface area (Å²) in [4.78, 5) is 29.8. The Hall–Kier alpha value is -4.52. The minimum Gasteiger partial charge on any atom is -0.507 e. The Balaban J connectivity index is 1.87. The largest absolute Gasteiger partial charge is 0.507 e. The smallest absolute Gasteiger partial charge is 0.266 e. The number of para-hydroxylation sites is 1. The zero-order valence-corrected chi connectivity index (χ0v) is 19.5.